The summed E-state index contributed by atoms with van der Waals surface area (Å²) in [5.74, 6) is 0.370. The van der Waals surface area contributed by atoms with Crippen LogP contribution >= 0.6 is 0 Å². The molecule has 6 heteroatoms. The normalized spacial score (nSPS) is 24.6. The van der Waals surface area contributed by atoms with E-state index in [1.807, 2.05) is 18.2 Å². The van der Waals surface area contributed by atoms with Crippen LogP contribution in [0.1, 0.15) is 23.3 Å². The first kappa shape index (κ1) is 14.9. The van der Waals surface area contributed by atoms with Crippen LogP contribution < -0.4 is 10.1 Å². The van der Waals surface area contributed by atoms with Gasteiger partial charge in [-0.05, 0) is 31.0 Å². The fraction of sp³-hybridized carbons (Fsp3) is 0.438. The third kappa shape index (κ3) is 2.80. The van der Waals surface area contributed by atoms with Gasteiger partial charge in [-0.3, -0.25) is 4.79 Å². The highest BCUT2D eigenvalue weighted by atomic mass is 16.5. The quantitative estimate of drug-likeness (QED) is 0.679. The van der Waals surface area contributed by atoms with Crippen LogP contribution in [-0.4, -0.2) is 47.0 Å². The molecule has 1 fully saturated rings. The predicted octanol–water partition coefficient (Wildman–Crippen LogP) is 1.04. The van der Waals surface area contributed by atoms with Crippen LogP contribution in [0.5, 0.6) is 5.75 Å². The van der Waals surface area contributed by atoms with Crippen molar-refractivity contribution in [2.75, 3.05) is 13.7 Å². The van der Waals surface area contributed by atoms with Gasteiger partial charge in [0, 0.05) is 35.5 Å². The summed E-state index contributed by atoms with van der Waals surface area (Å²) in [6.07, 6.45) is 0.518. The summed E-state index contributed by atoms with van der Waals surface area (Å²) < 4.78 is 5.16. The molecule has 3 rings (SSSR count). The Morgan fingerprint density at radius 1 is 1.41 bits per heavy atom. The highest BCUT2D eigenvalue weighted by molar-refractivity contribution is 5.98. The lowest BCUT2D eigenvalue weighted by Gasteiger charge is -2.11. The summed E-state index contributed by atoms with van der Waals surface area (Å²) in [6, 6.07) is 7.26. The molecule has 6 nitrogen and oxygen atoms in total. The number of aliphatic hydroxyl groups is 2. The summed E-state index contributed by atoms with van der Waals surface area (Å²) in [6.45, 7) is -0.0558. The first-order valence-electron chi connectivity index (χ1n) is 7.37. The summed E-state index contributed by atoms with van der Waals surface area (Å²) in [4.78, 5) is 15.4. The Balaban J connectivity index is 1.72. The van der Waals surface area contributed by atoms with Gasteiger partial charge in [0.05, 0.1) is 13.2 Å². The lowest BCUT2D eigenvalue weighted by molar-refractivity contribution is 0.0902. The molecule has 1 amide bonds. The van der Waals surface area contributed by atoms with Gasteiger partial charge in [-0.15, -0.1) is 0 Å². The number of H-pyrrole nitrogens is 1. The van der Waals surface area contributed by atoms with E-state index in [9.17, 15) is 9.90 Å². The Labute approximate surface area is 128 Å². The second-order valence-electron chi connectivity index (χ2n) is 5.79. The van der Waals surface area contributed by atoms with E-state index in [4.69, 9.17) is 9.84 Å². The summed E-state index contributed by atoms with van der Waals surface area (Å²) in [5, 5.41) is 22.8. The Hall–Kier alpha value is -2.05. The number of amides is 1. The molecule has 1 saturated carbocycles. The maximum atomic E-state index is 12.3. The Kier molecular flexibility index (Phi) is 4.04. The molecule has 0 bridgehead atoms. The zero-order valence-electron chi connectivity index (χ0n) is 12.4. The highest BCUT2D eigenvalue weighted by Gasteiger charge is 2.33. The number of carbonyl (C=O) groups excluding carboxylic acids is 1. The molecule has 0 saturated heterocycles. The summed E-state index contributed by atoms with van der Waals surface area (Å²) >= 11 is 0. The number of methoxy groups -OCH3 is 1. The summed E-state index contributed by atoms with van der Waals surface area (Å²) in [5.41, 5.74) is 1.31. The molecule has 0 aliphatic heterocycles. The van der Waals surface area contributed by atoms with Crippen molar-refractivity contribution < 1.29 is 19.7 Å². The third-order valence-electron chi connectivity index (χ3n) is 4.30. The zero-order valence-corrected chi connectivity index (χ0v) is 12.4. The van der Waals surface area contributed by atoms with E-state index in [1.165, 1.54) is 0 Å². The molecule has 0 radical (unpaired) electrons. The molecule has 2 aromatic rings. The molecule has 1 aliphatic carbocycles. The van der Waals surface area contributed by atoms with Crippen molar-refractivity contribution in [3.8, 4) is 5.75 Å². The molecule has 22 heavy (non-hydrogen) atoms. The van der Waals surface area contributed by atoms with Gasteiger partial charge in [0.1, 0.15) is 11.4 Å². The molecule has 1 aliphatic rings. The smallest absolute Gasteiger partial charge is 0.267 e. The topological polar surface area (TPSA) is 94.6 Å². The fourth-order valence-corrected chi connectivity index (χ4v) is 3.04. The third-order valence-corrected chi connectivity index (χ3v) is 4.30. The SMILES string of the molecule is COc1ccc2cc(C(=O)N[C@H]3C[C@H](CO)[C@H](O)C3)[nH]c2c1. The van der Waals surface area contributed by atoms with E-state index in [1.54, 1.807) is 13.2 Å². The first-order chi connectivity index (χ1) is 10.6. The van der Waals surface area contributed by atoms with E-state index in [2.05, 4.69) is 10.3 Å². The number of fused-ring (bicyclic) bond motifs is 1. The molecular weight excluding hydrogens is 284 g/mol. The zero-order chi connectivity index (χ0) is 15.7. The number of aromatic nitrogens is 1. The number of carbonyl (C=O) groups is 1. The van der Waals surface area contributed by atoms with Gasteiger partial charge in [0.15, 0.2) is 0 Å². The van der Waals surface area contributed by atoms with Gasteiger partial charge >= 0.3 is 0 Å². The van der Waals surface area contributed by atoms with Gasteiger partial charge in [0.25, 0.3) is 5.91 Å². The molecule has 0 unspecified atom stereocenters. The van der Waals surface area contributed by atoms with Crippen molar-refractivity contribution in [1.82, 2.24) is 10.3 Å². The van der Waals surface area contributed by atoms with Crippen molar-refractivity contribution in [2.45, 2.75) is 25.0 Å². The number of aromatic amines is 1. The number of hydrogen-bond donors (Lipinski definition) is 4. The number of rotatable bonds is 4. The molecular formula is C16H20N2O4. The van der Waals surface area contributed by atoms with Crippen LogP contribution in [0.25, 0.3) is 10.9 Å². The van der Waals surface area contributed by atoms with Crippen LogP contribution in [0, 0.1) is 5.92 Å². The molecule has 4 N–H and O–H groups in total. The van der Waals surface area contributed by atoms with Crippen LogP contribution in [0.15, 0.2) is 24.3 Å². The molecule has 1 aromatic carbocycles. The Morgan fingerprint density at radius 3 is 2.91 bits per heavy atom. The van der Waals surface area contributed by atoms with Gasteiger partial charge < -0.3 is 25.3 Å². The van der Waals surface area contributed by atoms with Crippen molar-refractivity contribution >= 4 is 16.8 Å². The number of aliphatic hydroxyl groups excluding tert-OH is 2. The highest BCUT2D eigenvalue weighted by Crippen LogP contribution is 2.26. The second-order valence-corrected chi connectivity index (χ2v) is 5.79. The minimum atomic E-state index is -0.553. The minimum absolute atomic E-state index is 0.0558. The van der Waals surface area contributed by atoms with Gasteiger partial charge in [-0.1, -0.05) is 0 Å². The Morgan fingerprint density at radius 2 is 2.23 bits per heavy atom. The molecule has 1 aromatic heterocycles. The van der Waals surface area contributed by atoms with Crippen molar-refractivity contribution in [2.24, 2.45) is 5.92 Å². The Bertz CT molecular complexity index is 682. The number of nitrogens with one attached hydrogen (secondary N) is 2. The summed E-state index contributed by atoms with van der Waals surface area (Å²) in [7, 11) is 1.60. The van der Waals surface area contributed by atoms with Crippen LogP contribution in [0.2, 0.25) is 0 Å². The minimum Gasteiger partial charge on any atom is -0.497 e. The molecule has 118 valence electrons. The number of ether oxygens (including phenoxy) is 1. The molecule has 0 spiro atoms. The standard InChI is InChI=1S/C16H20N2O4/c1-22-12-3-2-9-5-14(18-13(9)7-12)16(21)17-11-4-10(8-19)15(20)6-11/h2-3,5,7,10-11,15,18-20H,4,6,8H2,1H3,(H,17,21)/t10-,11+,15-/m1/s1. The van der Waals surface area contributed by atoms with E-state index in [-0.39, 0.29) is 24.5 Å². The monoisotopic (exact) mass is 304 g/mol. The van der Waals surface area contributed by atoms with Crippen LogP contribution in [-0.2, 0) is 0 Å². The maximum absolute atomic E-state index is 12.3. The van der Waals surface area contributed by atoms with E-state index in [0.717, 1.165) is 16.7 Å². The maximum Gasteiger partial charge on any atom is 0.267 e. The lowest BCUT2D eigenvalue weighted by Crippen LogP contribution is -2.33. The van der Waals surface area contributed by atoms with E-state index in [0.29, 0.717) is 18.5 Å². The van der Waals surface area contributed by atoms with Crippen LogP contribution in [0.3, 0.4) is 0 Å². The van der Waals surface area contributed by atoms with Gasteiger partial charge in [-0.2, -0.15) is 0 Å². The van der Waals surface area contributed by atoms with E-state index >= 15 is 0 Å². The van der Waals surface area contributed by atoms with Gasteiger partial charge in [-0.25, -0.2) is 0 Å². The van der Waals surface area contributed by atoms with Crippen molar-refractivity contribution in [3.05, 3.63) is 30.0 Å². The molecule has 3 atom stereocenters. The van der Waals surface area contributed by atoms with Crippen molar-refractivity contribution in [3.63, 3.8) is 0 Å². The average Bonchev–Trinajstić information content (AvgIpc) is 3.09. The fourth-order valence-electron chi connectivity index (χ4n) is 3.04. The van der Waals surface area contributed by atoms with Crippen LogP contribution in [0.4, 0.5) is 0 Å². The molecule has 1 heterocycles. The lowest BCUT2D eigenvalue weighted by atomic mass is 10.1. The largest absolute Gasteiger partial charge is 0.497 e. The number of hydrogen-bond acceptors (Lipinski definition) is 4. The average molecular weight is 304 g/mol. The first-order valence-corrected chi connectivity index (χ1v) is 7.37. The van der Waals surface area contributed by atoms with Gasteiger partial charge in [0.2, 0.25) is 0 Å². The second kappa shape index (κ2) is 5.98. The van der Waals surface area contributed by atoms with Crippen molar-refractivity contribution in [1.29, 1.82) is 0 Å². The predicted molar refractivity (Wildman–Crippen MR) is 81.9 cm³/mol. The number of benzene rings is 1. The van der Waals surface area contributed by atoms with E-state index < -0.39 is 6.10 Å².